The quantitative estimate of drug-likeness (QED) is 0.327. The normalized spacial score (nSPS) is 11.1. The van der Waals surface area contributed by atoms with Crippen molar-refractivity contribution in [2.75, 3.05) is 11.7 Å². The van der Waals surface area contributed by atoms with Crippen LogP contribution < -0.4 is 11.3 Å². The van der Waals surface area contributed by atoms with E-state index in [4.69, 9.17) is 5.84 Å². The van der Waals surface area contributed by atoms with E-state index >= 15 is 0 Å². The third-order valence-electron chi connectivity index (χ3n) is 2.17. The van der Waals surface area contributed by atoms with Crippen LogP contribution in [0, 0.1) is 0 Å². The van der Waals surface area contributed by atoms with Gasteiger partial charge in [-0.15, -0.1) is 21.5 Å². The van der Waals surface area contributed by atoms with Gasteiger partial charge in [-0.25, -0.2) is 15.8 Å². The molecule has 0 saturated carbocycles. The number of fused-ring (bicyclic) bond motifs is 1. The summed E-state index contributed by atoms with van der Waals surface area (Å²) in [6, 6.07) is 2.00. The molecule has 0 aliphatic rings. The molecule has 0 unspecified atom stereocenters. The predicted octanol–water partition coefficient (Wildman–Crippen LogP) is 2.70. The first-order chi connectivity index (χ1) is 9.30. The Morgan fingerprint density at radius 2 is 2.11 bits per heavy atom. The van der Waals surface area contributed by atoms with E-state index < -0.39 is 0 Å². The summed E-state index contributed by atoms with van der Waals surface area (Å²) in [6.07, 6.45) is 1.98. The third kappa shape index (κ3) is 2.67. The molecule has 98 valence electrons. The zero-order valence-corrected chi connectivity index (χ0v) is 12.9. The highest BCUT2D eigenvalue weighted by Crippen LogP contribution is 2.36. The van der Waals surface area contributed by atoms with Crippen LogP contribution >= 0.6 is 46.2 Å². The van der Waals surface area contributed by atoms with E-state index in [9.17, 15) is 0 Å². The van der Waals surface area contributed by atoms with Gasteiger partial charge in [-0.05, 0) is 29.5 Å². The van der Waals surface area contributed by atoms with Gasteiger partial charge >= 0.3 is 0 Å². The standard InChI is InChI=1S/C9H8N6S4/c1-16-8-14-15-9(19-8)18-6-4-2-3-17-5(4)11-7(12-6)13-10/h2-3H,10H2,1H3,(H,11,12,13). The van der Waals surface area contributed by atoms with Gasteiger partial charge in [0.2, 0.25) is 5.95 Å². The van der Waals surface area contributed by atoms with Crippen LogP contribution in [-0.4, -0.2) is 26.4 Å². The Labute approximate surface area is 125 Å². The largest absolute Gasteiger partial charge is 0.292 e. The number of thiophene rings is 1. The van der Waals surface area contributed by atoms with Crippen molar-refractivity contribution in [2.24, 2.45) is 5.84 Å². The highest BCUT2D eigenvalue weighted by molar-refractivity contribution is 8.03. The number of nitrogen functional groups attached to an aromatic ring is 1. The highest BCUT2D eigenvalue weighted by atomic mass is 32.2. The Hall–Kier alpha value is -0.940. The van der Waals surface area contributed by atoms with Gasteiger partial charge in [0.05, 0.1) is 0 Å². The lowest BCUT2D eigenvalue weighted by Gasteiger charge is -2.02. The van der Waals surface area contributed by atoms with Crippen molar-refractivity contribution in [3.63, 3.8) is 0 Å². The summed E-state index contributed by atoms with van der Waals surface area (Å²) >= 11 is 6.16. The lowest BCUT2D eigenvalue weighted by molar-refractivity contribution is 0.953. The molecule has 0 spiro atoms. The Morgan fingerprint density at radius 1 is 1.26 bits per heavy atom. The maximum atomic E-state index is 5.39. The van der Waals surface area contributed by atoms with Gasteiger partial charge in [0, 0.05) is 5.39 Å². The zero-order chi connectivity index (χ0) is 13.2. The summed E-state index contributed by atoms with van der Waals surface area (Å²) in [7, 11) is 0. The topological polar surface area (TPSA) is 89.6 Å². The fourth-order valence-corrected chi connectivity index (χ4v) is 4.66. The Bertz CT molecular complexity index is 708. The highest BCUT2D eigenvalue weighted by Gasteiger charge is 2.12. The smallest absolute Gasteiger partial charge is 0.239 e. The number of hydrazine groups is 1. The minimum Gasteiger partial charge on any atom is -0.292 e. The van der Waals surface area contributed by atoms with Crippen LogP contribution in [0.15, 0.2) is 25.2 Å². The molecule has 3 heterocycles. The number of rotatable bonds is 4. The molecule has 3 aromatic heterocycles. The number of hydrogen-bond acceptors (Lipinski definition) is 10. The van der Waals surface area contributed by atoms with Crippen molar-refractivity contribution in [3.05, 3.63) is 11.4 Å². The molecule has 0 amide bonds. The molecule has 3 N–H and O–H groups in total. The fraction of sp³-hybridized carbons (Fsp3) is 0.111. The van der Waals surface area contributed by atoms with Crippen LogP contribution in [0.4, 0.5) is 5.95 Å². The van der Waals surface area contributed by atoms with Crippen molar-refractivity contribution in [2.45, 2.75) is 13.7 Å². The molecule has 3 rings (SSSR count). The van der Waals surface area contributed by atoms with E-state index in [-0.39, 0.29) is 0 Å². The van der Waals surface area contributed by atoms with Crippen molar-refractivity contribution in [1.29, 1.82) is 0 Å². The molecule has 6 nitrogen and oxygen atoms in total. The molecule has 0 bridgehead atoms. The van der Waals surface area contributed by atoms with Crippen molar-refractivity contribution < 1.29 is 0 Å². The minimum atomic E-state index is 0.409. The zero-order valence-electron chi connectivity index (χ0n) is 9.65. The second-order valence-corrected chi connectivity index (χ2v) is 7.44. The molecule has 0 aliphatic heterocycles. The summed E-state index contributed by atoms with van der Waals surface area (Å²) in [5.74, 6) is 5.80. The van der Waals surface area contributed by atoms with Crippen LogP contribution in [0.25, 0.3) is 10.2 Å². The van der Waals surface area contributed by atoms with Crippen molar-refractivity contribution in [3.8, 4) is 0 Å². The van der Waals surface area contributed by atoms with Gasteiger partial charge in [0.25, 0.3) is 0 Å². The molecule has 10 heteroatoms. The second-order valence-electron chi connectivity index (χ2n) is 3.28. The van der Waals surface area contributed by atoms with Gasteiger partial charge in [0.1, 0.15) is 9.86 Å². The summed E-state index contributed by atoms with van der Waals surface area (Å²) in [5, 5.41) is 12.0. The van der Waals surface area contributed by atoms with Crippen molar-refractivity contribution in [1.82, 2.24) is 20.2 Å². The third-order valence-corrected chi connectivity index (χ3v) is 5.93. The molecule has 0 aliphatic carbocycles. The first kappa shape index (κ1) is 13.1. The average Bonchev–Trinajstić information content (AvgIpc) is 3.06. The molecule has 0 aromatic carbocycles. The van der Waals surface area contributed by atoms with Crippen LogP contribution in [-0.2, 0) is 0 Å². The van der Waals surface area contributed by atoms with Crippen LogP contribution in [0.2, 0.25) is 0 Å². The van der Waals surface area contributed by atoms with Gasteiger partial charge in [-0.1, -0.05) is 23.1 Å². The van der Waals surface area contributed by atoms with Crippen LogP contribution in [0.3, 0.4) is 0 Å². The lowest BCUT2D eigenvalue weighted by Crippen LogP contribution is -2.10. The monoisotopic (exact) mass is 328 g/mol. The number of aromatic nitrogens is 4. The first-order valence-electron chi connectivity index (χ1n) is 5.07. The molecule has 3 aromatic rings. The minimum absolute atomic E-state index is 0.409. The lowest BCUT2D eigenvalue weighted by atomic mass is 10.4. The molecule has 0 atom stereocenters. The number of nitrogens with two attached hydrogens (primary N) is 1. The van der Waals surface area contributed by atoms with E-state index in [1.807, 2.05) is 17.7 Å². The summed E-state index contributed by atoms with van der Waals surface area (Å²) < 4.78 is 1.80. The SMILES string of the molecule is CSc1nnc(Sc2nc(NN)nc3sccc23)s1. The van der Waals surface area contributed by atoms with Gasteiger partial charge < -0.3 is 0 Å². The predicted molar refractivity (Wildman–Crippen MR) is 81.0 cm³/mol. The summed E-state index contributed by atoms with van der Waals surface area (Å²) in [6.45, 7) is 0. The molecule has 19 heavy (non-hydrogen) atoms. The Balaban J connectivity index is 2.01. The Morgan fingerprint density at radius 3 is 2.84 bits per heavy atom. The number of thioether (sulfide) groups is 1. The van der Waals surface area contributed by atoms with Gasteiger partial charge in [-0.2, -0.15) is 0 Å². The summed E-state index contributed by atoms with van der Waals surface area (Å²) in [4.78, 5) is 9.58. The van der Waals surface area contributed by atoms with E-state index in [1.54, 1.807) is 34.4 Å². The fourth-order valence-electron chi connectivity index (χ4n) is 1.37. The van der Waals surface area contributed by atoms with E-state index in [1.165, 1.54) is 11.8 Å². The van der Waals surface area contributed by atoms with E-state index in [0.717, 1.165) is 23.9 Å². The number of nitrogens with one attached hydrogen (secondary N) is 1. The number of hydrogen-bond donors (Lipinski definition) is 2. The van der Waals surface area contributed by atoms with E-state index in [2.05, 4.69) is 25.6 Å². The Kier molecular flexibility index (Phi) is 3.84. The van der Waals surface area contributed by atoms with Crippen LogP contribution in [0.1, 0.15) is 0 Å². The van der Waals surface area contributed by atoms with Crippen LogP contribution in [0.5, 0.6) is 0 Å². The average molecular weight is 328 g/mol. The van der Waals surface area contributed by atoms with E-state index in [0.29, 0.717) is 5.95 Å². The molecule has 0 radical (unpaired) electrons. The number of nitrogens with zero attached hydrogens (tertiary/aromatic N) is 4. The molecule has 0 saturated heterocycles. The van der Waals surface area contributed by atoms with Gasteiger partial charge in [0.15, 0.2) is 8.68 Å². The maximum absolute atomic E-state index is 5.39. The van der Waals surface area contributed by atoms with Gasteiger partial charge in [-0.3, -0.25) is 5.43 Å². The molecule has 0 fully saturated rings. The molecular weight excluding hydrogens is 320 g/mol. The first-order valence-corrected chi connectivity index (χ1v) is 8.81. The maximum Gasteiger partial charge on any atom is 0.239 e. The second kappa shape index (κ2) is 5.59. The summed E-state index contributed by atoms with van der Waals surface area (Å²) in [5.41, 5.74) is 2.49. The van der Waals surface area contributed by atoms with Crippen molar-refractivity contribution >= 4 is 62.4 Å². The number of anilines is 1. The molecular formula is C9H8N6S4.